The number of nitrogens with zero attached hydrogens (tertiary/aromatic N) is 4. The Balaban J connectivity index is 1.53. The first kappa shape index (κ1) is 15.5. The van der Waals surface area contributed by atoms with E-state index in [4.69, 9.17) is 4.42 Å². The fourth-order valence-corrected chi connectivity index (χ4v) is 4.68. The molecule has 0 aliphatic heterocycles. The molecule has 1 aliphatic rings. The molecule has 0 spiro atoms. The van der Waals surface area contributed by atoms with Gasteiger partial charge >= 0.3 is 0 Å². The first-order chi connectivity index (χ1) is 12.7. The second-order valence-corrected chi connectivity index (χ2v) is 7.83. The van der Waals surface area contributed by atoms with Crippen molar-refractivity contribution in [1.29, 1.82) is 0 Å². The summed E-state index contributed by atoms with van der Waals surface area (Å²) in [7, 11) is 0. The van der Waals surface area contributed by atoms with Gasteiger partial charge in [-0.25, -0.2) is 14.5 Å². The van der Waals surface area contributed by atoms with Crippen LogP contribution in [0.5, 0.6) is 0 Å². The molecule has 7 nitrogen and oxygen atoms in total. The second-order valence-electron chi connectivity index (χ2n) is 6.74. The molecule has 0 unspecified atom stereocenters. The van der Waals surface area contributed by atoms with E-state index in [1.54, 1.807) is 34.5 Å². The number of thiophene rings is 1. The van der Waals surface area contributed by atoms with E-state index in [0.717, 1.165) is 23.1 Å². The van der Waals surface area contributed by atoms with Crippen molar-refractivity contribution in [3.63, 3.8) is 0 Å². The third kappa shape index (κ3) is 2.48. The molecule has 4 aromatic heterocycles. The highest BCUT2D eigenvalue weighted by Gasteiger charge is 2.24. The second kappa shape index (κ2) is 5.91. The fourth-order valence-electron chi connectivity index (χ4n) is 3.50. The minimum absolute atomic E-state index is 0.148. The zero-order valence-corrected chi connectivity index (χ0v) is 15.0. The van der Waals surface area contributed by atoms with Crippen LogP contribution in [0.2, 0.25) is 0 Å². The Bertz CT molecular complexity index is 1110. The summed E-state index contributed by atoms with van der Waals surface area (Å²) in [5.41, 5.74) is 2.04. The highest BCUT2D eigenvalue weighted by Crippen LogP contribution is 2.38. The van der Waals surface area contributed by atoms with Gasteiger partial charge < -0.3 is 9.73 Å². The summed E-state index contributed by atoms with van der Waals surface area (Å²) in [6, 6.07) is 3.59. The maximum absolute atomic E-state index is 12.4. The minimum atomic E-state index is -0.323. The maximum Gasteiger partial charge on any atom is 0.291 e. The average Bonchev–Trinajstić information content (AvgIpc) is 3.36. The van der Waals surface area contributed by atoms with Gasteiger partial charge in [-0.1, -0.05) is 6.92 Å². The molecule has 132 valence electrons. The molecule has 5 rings (SSSR count). The van der Waals surface area contributed by atoms with Gasteiger partial charge in [0.15, 0.2) is 5.65 Å². The smallest absolute Gasteiger partial charge is 0.291 e. The minimum Gasteiger partial charge on any atom is -0.467 e. The molecule has 1 amide bonds. The molecule has 1 aliphatic carbocycles. The van der Waals surface area contributed by atoms with E-state index in [2.05, 4.69) is 27.3 Å². The van der Waals surface area contributed by atoms with E-state index in [9.17, 15) is 4.79 Å². The van der Waals surface area contributed by atoms with Gasteiger partial charge in [0.25, 0.3) is 5.91 Å². The number of hydrogen-bond acceptors (Lipinski definition) is 6. The molecular formula is C18H17N5O2S. The van der Waals surface area contributed by atoms with Gasteiger partial charge in [0.05, 0.1) is 18.2 Å². The number of aromatic nitrogens is 4. The lowest BCUT2D eigenvalue weighted by Crippen LogP contribution is -2.23. The fraction of sp³-hybridized carbons (Fsp3) is 0.333. The maximum atomic E-state index is 12.4. The Morgan fingerprint density at radius 3 is 3.27 bits per heavy atom. The topological polar surface area (TPSA) is 85.3 Å². The molecule has 0 saturated carbocycles. The first-order valence-electron chi connectivity index (χ1n) is 8.65. The van der Waals surface area contributed by atoms with Gasteiger partial charge in [-0.2, -0.15) is 0 Å². The predicted octanol–water partition coefficient (Wildman–Crippen LogP) is 2.99. The first-order valence-corrected chi connectivity index (χ1v) is 9.47. The third-order valence-electron chi connectivity index (χ3n) is 4.83. The molecule has 0 bridgehead atoms. The molecule has 0 saturated heterocycles. The Morgan fingerprint density at radius 2 is 2.42 bits per heavy atom. The summed E-state index contributed by atoms with van der Waals surface area (Å²) in [5.74, 6) is 1.16. The summed E-state index contributed by atoms with van der Waals surface area (Å²) in [4.78, 5) is 23.8. The van der Waals surface area contributed by atoms with Gasteiger partial charge in [0.2, 0.25) is 5.82 Å². The Kier molecular flexibility index (Phi) is 3.53. The number of rotatable bonds is 3. The quantitative estimate of drug-likeness (QED) is 0.602. The molecule has 1 N–H and O–H groups in total. The van der Waals surface area contributed by atoms with Crippen molar-refractivity contribution in [2.75, 3.05) is 0 Å². The number of aryl methyl sites for hydroxylation is 1. The molecular weight excluding hydrogens is 350 g/mol. The number of carbonyl (C=O) groups excluding carboxylic acids is 1. The Morgan fingerprint density at radius 1 is 1.50 bits per heavy atom. The van der Waals surface area contributed by atoms with Gasteiger partial charge in [0, 0.05) is 4.88 Å². The highest BCUT2D eigenvalue weighted by molar-refractivity contribution is 7.19. The Labute approximate surface area is 153 Å². The van der Waals surface area contributed by atoms with Crippen molar-refractivity contribution in [2.45, 2.75) is 32.7 Å². The van der Waals surface area contributed by atoms with Crippen LogP contribution in [-0.2, 0) is 19.4 Å². The van der Waals surface area contributed by atoms with Gasteiger partial charge in [-0.3, -0.25) is 4.79 Å². The van der Waals surface area contributed by atoms with Gasteiger partial charge in [-0.05, 0) is 42.9 Å². The van der Waals surface area contributed by atoms with E-state index in [-0.39, 0.29) is 11.7 Å². The van der Waals surface area contributed by atoms with E-state index in [1.165, 1.54) is 16.9 Å². The predicted molar refractivity (Wildman–Crippen MR) is 97.2 cm³/mol. The Hall–Kier alpha value is -2.74. The summed E-state index contributed by atoms with van der Waals surface area (Å²) in [6.07, 6.45) is 6.55. The SMILES string of the molecule is C[C@@H]1CCc2sc3ncn4nc(C(=O)NCc5ccco5)nc4c3c2C1. The molecule has 0 fully saturated rings. The van der Waals surface area contributed by atoms with Crippen LogP contribution in [0, 0.1) is 5.92 Å². The van der Waals surface area contributed by atoms with Crippen molar-refractivity contribution in [1.82, 2.24) is 24.9 Å². The van der Waals surface area contributed by atoms with Gasteiger partial charge in [0.1, 0.15) is 16.9 Å². The van der Waals surface area contributed by atoms with Crippen LogP contribution in [0.3, 0.4) is 0 Å². The van der Waals surface area contributed by atoms with E-state index < -0.39 is 0 Å². The highest BCUT2D eigenvalue weighted by atomic mass is 32.1. The standard InChI is InChI=1S/C18H17N5O2S/c1-10-4-5-13-12(7-10)14-16-21-15(22-23(16)9-20-18(14)26-13)17(24)19-8-11-3-2-6-25-11/h2-3,6,9-10H,4-5,7-8H2,1H3,(H,19,24)/t10-/m1/s1. The summed E-state index contributed by atoms with van der Waals surface area (Å²) >= 11 is 1.74. The number of furan rings is 1. The molecule has 26 heavy (non-hydrogen) atoms. The van der Waals surface area contributed by atoms with Crippen molar-refractivity contribution >= 4 is 33.1 Å². The lowest BCUT2D eigenvalue weighted by Gasteiger charge is -2.17. The molecule has 1 atom stereocenters. The van der Waals surface area contributed by atoms with E-state index in [0.29, 0.717) is 23.9 Å². The van der Waals surface area contributed by atoms with Crippen molar-refractivity contribution < 1.29 is 9.21 Å². The number of carbonyl (C=O) groups is 1. The largest absolute Gasteiger partial charge is 0.467 e. The zero-order chi connectivity index (χ0) is 17.7. The summed E-state index contributed by atoms with van der Waals surface area (Å²) < 4.78 is 6.84. The van der Waals surface area contributed by atoms with Crippen LogP contribution in [0.15, 0.2) is 29.1 Å². The molecule has 0 radical (unpaired) electrons. The van der Waals surface area contributed by atoms with Crippen LogP contribution in [0.4, 0.5) is 0 Å². The third-order valence-corrected chi connectivity index (χ3v) is 6.03. The number of nitrogens with one attached hydrogen (secondary N) is 1. The van der Waals surface area contributed by atoms with Crippen molar-refractivity contribution in [2.24, 2.45) is 5.92 Å². The molecule has 0 aromatic carbocycles. The molecule has 4 aromatic rings. The van der Waals surface area contributed by atoms with E-state index in [1.807, 2.05) is 6.07 Å². The number of fused-ring (bicyclic) bond motifs is 5. The van der Waals surface area contributed by atoms with Crippen molar-refractivity contribution in [3.05, 3.63) is 46.7 Å². The van der Waals surface area contributed by atoms with Crippen molar-refractivity contribution in [3.8, 4) is 0 Å². The van der Waals surface area contributed by atoms with Crippen LogP contribution in [0.1, 0.15) is 40.2 Å². The van der Waals surface area contributed by atoms with E-state index >= 15 is 0 Å². The summed E-state index contributed by atoms with van der Waals surface area (Å²) in [5, 5.41) is 8.15. The molecule has 8 heteroatoms. The van der Waals surface area contributed by atoms with Gasteiger partial charge in [-0.15, -0.1) is 16.4 Å². The monoisotopic (exact) mass is 367 g/mol. The molecule has 4 heterocycles. The number of hydrogen-bond donors (Lipinski definition) is 1. The van der Waals surface area contributed by atoms with Crippen LogP contribution >= 0.6 is 11.3 Å². The average molecular weight is 367 g/mol. The number of amides is 1. The van der Waals surface area contributed by atoms with Crippen LogP contribution in [-0.4, -0.2) is 25.5 Å². The summed E-state index contributed by atoms with van der Waals surface area (Å²) in [6.45, 7) is 2.58. The van der Waals surface area contributed by atoms with Crippen LogP contribution < -0.4 is 5.32 Å². The lowest BCUT2D eigenvalue weighted by atomic mass is 9.89. The van der Waals surface area contributed by atoms with Crippen LogP contribution in [0.25, 0.3) is 15.9 Å². The normalized spacial score (nSPS) is 16.9. The lowest BCUT2D eigenvalue weighted by molar-refractivity contribution is 0.0938. The zero-order valence-electron chi connectivity index (χ0n) is 14.2.